The van der Waals surface area contributed by atoms with E-state index >= 15 is 0 Å². The van der Waals surface area contributed by atoms with Crippen LogP contribution in [0.3, 0.4) is 0 Å². The molecule has 1 rings (SSSR count). The fraction of sp³-hybridized carbons (Fsp3) is 1.00. The molecule has 0 unspecified atom stereocenters. The number of hydrogen-bond acceptors (Lipinski definition) is 3. The summed E-state index contributed by atoms with van der Waals surface area (Å²) in [4.78, 5) is 0. The smallest absolute Gasteiger partial charge is 0.0651 e. The van der Waals surface area contributed by atoms with Crippen molar-refractivity contribution >= 4 is 0 Å². The fourth-order valence-corrected chi connectivity index (χ4v) is 1.40. The molecule has 0 bridgehead atoms. The predicted octanol–water partition coefficient (Wildman–Crippen LogP) is 0.121. The summed E-state index contributed by atoms with van der Waals surface area (Å²) < 4.78 is 5.50. The van der Waals surface area contributed by atoms with Crippen molar-refractivity contribution in [3.8, 4) is 0 Å². The van der Waals surface area contributed by atoms with Crippen molar-refractivity contribution in [2.45, 2.75) is 32.0 Å². The number of aliphatic hydroxyl groups excluding tert-OH is 1. The molecule has 0 spiro atoms. The maximum absolute atomic E-state index is 9.54. The number of nitrogens with two attached hydrogens (primary N) is 1. The highest BCUT2D eigenvalue weighted by Crippen LogP contribution is 2.26. The Morgan fingerprint density at radius 2 is 2.27 bits per heavy atom. The molecule has 0 amide bonds. The van der Waals surface area contributed by atoms with Crippen molar-refractivity contribution in [3.05, 3.63) is 0 Å². The van der Waals surface area contributed by atoms with E-state index in [-0.39, 0.29) is 17.6 Å². The highest BCUT2D eigenvalue weighted by atomic mass is 16.5. The Labute approximate surface area is 67.5 Å². The van der Waals surface area contributed by atoms with Crippen molar-refractivity contribution < 1.29 is 9.84 Å². The molecule has 66 valence electrons. The van der Waals surface area contributed by atoms with Crippen LogP contribution < -0.4 is 5.73 Å². The van der Waals surface area contributed by atoms with Gasteiger partial charge in [0.15, 0.2) is 0 Å². The van der Waals surface area contributed by atoms with Crippen LogP contribution in [0.5, 0.6) is 0 Å². The molecule has 0 saturated carbocycles. The molecular formula is C8H17NO2. The Balaban J connectivity index is 2.48. The number of hydrogen-bond donors (Lipinski definition) is 2. The van der Waals surface area contributed by atoms with E-state index in [1.54, 1.807) is 0 Å². The normalized spacial score (nSPS) is 37.1. The molecule has 1 aliphatic heterocycles. The first-order valence-electron chi connectivity index (χ1n) is 4.07. The summed E-state index contributed by atoms with van der Waals surface area (Å²) in [5.74, 6) is 0.128. The van der Waals surface area contributed by atoms with Crippen LogP contribution >= 0.6 is 0 Å². The zero-order valence-electron chi connectivity index (χ0n) is 7.21. The summed E-state index contributed by atoms with van der Waals surface area (Å²) in [5.41, 5.74) is 5.27. The zero-order chi connectivity index (χ0) is 8.48. The van der Waals surface area contributed by atoms with Gasteiger partial charge in [-0.3, -0.25) is 0 Å². The molecule has 3 N–H and O–H groups in total. The molecule has 1 aliphatic rings. The van der Waals surface area contributed by atoms with Crippen LogP contribution in [-0.2, 0) is 4.74 Å². The van der Waals surface area contributed by atoms with E-state index < -0.39 is 0 Å². The van der Waals surface area contributed by atoms with Crippen molar-refractivity contribution in [1.82, 2.24) is 0 Å². The third kappa shape index (κ3) is 2.15. The summed E-state index contributed by atoms with van der Waals surface area (Å²) in [6, 6.07) is 0. The largest absolute Gasteiger partial charge is 0.393 e. The van der Waals surface area contributed by atoms with Gasteiger partial charge in [0, 0.05) is 12.3 Å². The van der Waals surface area contributed by atoms with Crippen LogP contribution in [0.25, 0.3) is 0 Å². The van der Waals surface area contributed by atoms with E-state index in [1.807, 2.05) is 13.8 Å². The first kappa shape index (κ1) is 8.97. The average molecular weight is 159 g/mol. The molecule has 0 aromatic carbocycles. The van der Waals surface area contributed by atoms with Crippen LogP contribution in [-0.4, -0.2) is 30.0 Å². The van der Waals surface area contributed by atoms with Gasteiger partial charge < -0.3 is 15.6 Å². The molecule has 1 heterocycles. The Morgan fingerprint density at radius 1 is 1.64 bits per heavy atom. The highest BCUT2D eigenvalue weighted by molar-refractivity contribution is 4.84. The average Bonchev–Trinajstić information content (AvgIpc) is 1.86. The maximum Gasteiger partial charge on any atom is 0.0651 e. The zero-order valence-corrected chi connectivity index (χ0v) is 7.21. The van der Waals surface area contributed by atoms with E-state index in [0.29, 0.717) is 19.6 Å². The van der Waals surface area contributed by atoms with Crippen LogP contribution in [0.4, 0.5) is 0 Å². The van der Waals surface area contributed by atoms with Crippen molar-refractivity contribution in [2.24, 2.45) is 11.7 Å². The lowest BCUT2D eigenvalue weighted by Crippen LogP contribution is -2.45. The summed E-state index contributed by atoms with van der Waals surface area (Å²) >= 11 is 0. The minimum atomic E-state index is -0.288. The Morgan fingerprint density at radius 3 is 2.73 bits per heavy atom. The lowest BCUT2D eigenvalue weighted by atomic mass is 9.89. The van der Waals surface area contributed by atoms with Crippen molar-refractivity contribution in [2.75, 3.05) is 13.2 Å². The van der Waals surface area contributed by atoms with Crippen LogP contribution in [0, 0.1) is 5.92 Å². The van der Waals surface area contributed by atoms with E-state index in [1.165, 1.54) is 0 Å². The number of rotatable bonds is 1. The van der Waals surface area contributed by atoms with Gasteiger partial charge in [-0.05, 0) is 20.4 Å². The second-order valence-corrected chi connectivity index (χ2v) is 3.84. The first-order valence-corrected chi connectivity index (χ1v) is 4.07. The van der Waals surface area contributed by atoms with Gasteiger partial charge in [0.05, 0.1) is 18.3 Å². The van der Waals surface area contributed by atoms with Gasteiger partial charge >= 0.3 is 0 Å². The molecule has 0 aromatic heterocycles. The van der Waals surface area contributed by atoms with Crippen molar-refractivity contribution in [3.63, 3.8) is 0 Å². The summed E-state index contributed by atoms with van der Waals surface area (Å²) in [6.07, 6.45) is 0.401. The summed E-state index contributed by atoms with van der Waals surface area (Å²) in [7, 11) is 0. The Bertz CT molecular complexity index is 136. The van der Waals surface area contributed by atoms with Gasteiger partial charge in [-0.25, -0.2) is 0 Å². The molecule has 3 nitrogen and oxygen atoms in total. The molecule has 1 saturated heterocycles. The topological polar surface area (TPSA) is 55.5 Å². The quantitative estimate of drug-likeness (QED) is 0.571. The van der Waals surface area contributed by atoms with Crippen LogP contribution in [0.1, 0.15) is 20.3 Å². The molecular weight excluding hydrogens is 142 g/mol. The second-order valence-electron chi connectivity index (χ2n) is 3.84. The Hall–Kier alpha value is -0.120. The van der Waals surface area contributed by atoms with Gasteiger partial charge in [0.2, 0.25) is 0 Å². The van der Waals surface area contributed by atoms with E-state index in [9.17, 15) is 5.11 Å². The van der Waals surface area contributed by atoms with Gasteiger partial charge in [-0.1, -0.05) is 0 Å². The van der Waals surface area contributed by atoms with Gasteiger partial charge in [-0.15, -0.1) is 0 Å². The third-order valence-electron chi connectivity index (χ3n) is 2.24. The minimum Gasteiger partial charge on any atom is -0.393 e. The Kier molecular flexibility index (Phi) is 2.52. The molecule has 2 atom stereocenters. The molecule has 1 fully saturated rings. The lowest BCUT2D eigenvalue weighted by molar-refractivity contribution is -0.126. The molecule has 11 heavy (non-hydrogen) atoms. The van der Waals surface area contributed by atoms with Crippen LogP contribution in [0.2, 0.25) is 0 Å². The van der Waals surface area contributed by atoms with Crippen molar-refractivity contribution in [1.29, 1.82) is 0 Å². The SMILES string of the molecule is CC1(C)C[C@@H](O)[C@@H](CN)CO1. The number of aliphatic hydroxyl groups is 1. The third-order valence-corrected chi connectivity index (χ3v) is 2.24. The molecule has 0 aliphatic carbocycles. The van der Waals surface area contributed by atoms with E-state index in [4.69, 9.17) is 10.5 Å². The minimum absolute atomic E-state index is 0.128. The lowest BCUT2D eigenvalue weighted by Gasteiger charge is -2.37. The summed E-state index contributed by atoms with van der Waals surface area (Å²) in [6.45, 7) is 5.08. The molecule has 3 heteroatoms. The number of ether oxygens (including phenoxy) is 1. The highest BCUT2D eigenvalue weighted by Gasteiger charge is 2.33. The van der Waals surface area contributed by atoms with Gasteiger partial charge in [0.25, 0.3) is 0 Å². The second kappa shape index (κ2) is 3.09. The van der Waals surface area contributed by atoms with E-state index in [2.05, 4.69) is 0 Å². The molecule has 0 aromatic rings. The van der Waals surface area contributed by atoms with Crippen LogP contribution in [0.15, 0.2) is 0 Å². The first-order chi connectivity index (χ1) is 5.05. The fourth-order valence-electron chi connectivity index (χ4n) is 1.40. The van der Waals surface area contributed by atoms with Gasteiger partial charge in [0.1, 0.15) is 0 Å². The monoisotopic (exact) mass is 159 g/mol. The van der Waals surface area contributed by atoms with E-state index in [0.717, 1.165) is 0 Å². The maximum atomic E-state index is 9.54. The standard InChI is InChI=1S/C8H17NO2/c1-8(2)3-7(10)6(4-9)5-11-8/h6-7,10H,3-5,9H2,1-2H3/t6-,7+/m0/s1. The van der Waals surface area contributed by atoms with Gasteiger partial charge in [-0.2, -0.15) is 0 Å². The molecule has 0 radical (unpaired) electrons. The predicted molar refractivity (Wildman–Crippen MR) is 43.2 cm³/mol. The summed E-state index contributed by atoms with van der Waals surface area (Å²) in [5, 5.41) is 9.54.